The summed E-state index contributed by atoms with van der Waals surface area (Å²) in [5.41, 5.74) is 1.42. The van der Waals surface area contributed by atoms with E-state index < -0.39 is 0 Å². The van der Waals surface area contributed by atoms with Gasteiger partial charge in [-0.2, -0.15) is 0 Å². The molecule has 11 heavy (non-hydrogen) atoms. The van der Waals surface area contributed by atoms with E-state index in [0.29, 0.717) is 5.41 Å². The van der Waals surface area contributed by atoms with Crippen molar-refractivity contribution in [2.24, 2.45) is 5.41 Å². The van der Waals surface area contributed by atoms with Gasteiger partial charge < -0.3 is 0 Å². The minimum absolute atomic E-state index is 0.524. The van der Waals surface area contributed by atoms with Crippen molar-refractivity contribution in [1.82, 2.24) is 0 Å². The fraction of sp³-hybridized carbons (Fsp3) is 0.800. The predicted octanol–water partition coefficient (Wildman–Crippen LogP) is 2.73. The molecule has 0 N–H and O–H groups in total. The summed E-state index contributed by atoms with van der Waals surface area (Å²) in [5, 5.41) is 0. The summed E-state index contributed by atoms with van der Waals surface area (Å²) in [6.07, 6.45) is 6.15. The zero-order valence-corrected chi connectivity index (χ0v) is 7.44. The monoisotopic (exact) mass is 152 g/mol. The average molecular weight is 152 g/mol. The molecule has 0 saturated heterocycles. The van der Waals surface area contributed by atoms with Crippen LogP contribution in [0.5, 0.6) is 0 Å². The van der Waals surface area contributed by atoms with Crippen LogP contribution in [-0.2, 0) is 4.79 Å². The van der Waals surface area contributed by atoms with E-state index in [1.165, 1.54) is 25.7 Å². The molecule has 0 aromatic rings. The predicted molar refractivity (Wildman–Crippen MR) is 46.1 cm³/mol. The first-order chi connectivity index (χ1) is 5.22. The molecule has 1 rings (SSSR count). The summed E-state index contributed by atoms with van der Waals surface area (Å²) >= 11 is 0. The Morgan fingerprint density at radius 1 is 1.55 bits per heavy atom. The Balaban J connectivity index is 2.41. The van der Waals surface area contributed by atoms with E-state index in [1.807, 2.05) is 12.9 Å². The first kappa shape index (κ1) is 8.55. The second-order valence-electron chi connectivity index (χ2n) is 3.81. The summed E-state index contributed by atoms with van der Waals surface area (Å²) in [6.45, 7) is 4.10. The van der Waals surface area contributed by atoms with Gasteiger partial charge in [-0.05, 0) is 38.0 Å². The number of hydrogen-bond donors (Lipinski definition) is 0. The van der Waals surface area contributed by atoms with Crippen molar-refractivity contribution in [1.29, 1.82) is 0 Å². The van der Waals surface area contributed by atoms with Crippen molar-refractivity contribution in [2.75, 3.05) is 0 Å². The smallest absolute Gasteiger partial charge is 0.123 e. The maximum absolute atomic E-state index is 10.3. The van der Waals surface area contributed by atoms with Crippen molar-refractivity contribution >= 4 is 5.94 Å². The summed E-state index contributed by atoms with van der Waals surface area (Å²) < 4.78 is 0. The van der Waals surface area contributed by atoms with Gasteiger partial charge in [0.1, 0.15) is 5.94 Å². The van der Waals surface area contributed by atoms with E-state index in [9.17, 15) is 4.79 Å². The minimum atomic E-state index is 0.524. The summed E-state index contributed by atoms with van der Waals surface area (Å²) in [4.78, 5) is 10.3. The fourth-order valence-corrected chi connectivity index (χ4v) is 1.82. The van der Waals surface area contributed by atoms with Crippen LogP contribution in [-0.4, -0.2) is 5.94 Å². The van der Waals surface area contributed by atoms with E-state index in [-0.39, 0.29) is 0 Å². The molecule has 0 spiro atoms. The van der Waals surface area contributed by atoms with Crippen LogP contribution in [0.3, 0.4) is 0 Å². The Hall–Kier alpha value is -0.550. The maximum atomic E-state index is 10.3. The van der Waals surface area contributed by atoms with Gasteiger partial charge in [0.05, 0.1) is 0 Å². The van der Waals surface area contributed by atoms with Gasteiger partial charge in [0.15, 0.2) is 0 Å². The van der Waals surface area contributed by atoms with Gasteiger partial charge in [-0.25, -0.2) is 4.79 Å². The summed E-state index contributed by atoms with van der Waals surface area (Å²) in [7, 11) is 0. The van der Waals surface area contributed by atoms with Gasteiger partial charge in [0, 0.05) is 5.57 Å². The van der Waals surface area contributed by atoms with E-state index in [4.69, 9.17) is 0 Å². The lowest BCUT2D eigenvalue weighted by atomic mass is 9.93. The number of allylic oxidation sites excluding steroid dienone is 1. The third-order valence-electron chi connectivity index (χ3n) is 2.55. The van der Waals surface area contributed by atoms with Crippen molar-refractivity contribution in [3.8, 4) is 0 Å². The summed E-state index contributed by atoms with van der Waals surface area (Å²) in [6, 6.07) is 0. The molecule has 0 aromatic carbocycles. The van der Waals surface area contributed by atoms with E-state index in [2.05, 4.69) is 6.92 Å². The molecule has 0 bridgehead atoms. The fourth-order valence-electron chi connectivity index (χ4n) is 1.82. The molecule has 1 saturated carbocycles. The van der Waals surface area contributed by atoms with Crippen LogP contribution in [0.15, 0.2) is 5.57 Å². The largest absolute Gasteiger partial charge is 0.234 e. The molecule has 0 unspecified atom stereocenters. The van der Waals surface area contributed by atoms with Crippen LogP contribution in [0.4, 0.5) is 0 Å². The van der Waals surface area contributed by atoms with Gasteiger partial charge in [0.2, 0.25) is 0 Å². The molecule has 1 aliphatic carbocycles. The third-order valence-corrected chi connectivity index (χ3v) is 2.55. The van der Waals surface area contributed by atoms with Crippen molar-refractivity contribution in [2.45, 2.75) is 46.0 Å². The van der Waals surface area contributed by atoms with Crippen molar-refractivity contribution in [3.63, 3.8) is 0 Å². The van der Waals surface area contributed by atoms with E-state index in [0.717, 1.165) is 12.0 Å². The van der Waals surface area contributed by atoms with Crippen LogP contribution < -0.4 is 0 Å². The Morgan fingerprint density at radius 2 is 2.18 bits per heavy atom. The zero-order chi connectivity index (χ0) is 8.32. The van der Waals surface area contributed by atoms with Crippen molar-refractivity contribution in [3.05, 3.63) is 5.57 Å². The van der Waals surface area contributed by atoms with Crippen LogP contribution in [0.25, 0.3) is 0 Å². The molecule has 0 aliphatic heterocycles. The zero-order valence-electron chi connectivity index (χ0n) is 7.44. The van der Waals surface area contributed by atoms with Crippen molar-refractivity contribution < 1.29 is 4.79 Å². The normalized spacial score (nSPS) is 19.1. The molecule has 1 nitrogen and oxygen atoms in total. The van der Waals surface area contributed by atoms with Crippen LogP contribution in [0.1, 0.15) is 46.0 Å². The lowest BCUT2D eigenvalue weighted by molar-refractivity contribution is 0.454. The summed E-state index contributed by atoms with van der Waals surface area (Å²) in [5.74, 6) is 1.99. The third kappa shape index (κ3) is 2.20. The first-order valence-electron chi connectivity index (χ1n) is 4.43. The van der Waals surface area contributed by atoms with Gasteiger partial charge in [-0.1, -0.05) is 13.3 Å². The van der Waals surface area contributed by atoms with Gasteiger partial charge in [-0.15, -0.1) is 0 Å². The maximum Gasteiger partial charge on any atom is 0.123 e. The number of hydrogen-bond acceptors (Lipinski definition) is 1. The van der Waals surface area contributed by atoms with Crippen LogP contribution >= 0.6 is 0 Å². The highest BCUT2D eigenvalue weighted by Crippen LogP contribution is 2.53. The molecule has 1 fully saturated rings. The van der Waals surface area contributed by atoms with E-state index in [1.54, 1.807) is 0 Å². The SMILES string of the molecule is CCCC1(CC(C)=C=O)CC1. The molecule has 0 aromatic heterocycles. The molecule has 0 atom stereocenters. The molecule has 1 heteroatoms. The molecule has 62 valence electrons. The minimum Gasteiger partial charge on any atom is -0.234 e. The second kappa shape index (κ2) is 3.23. The lowest BCUT2D eigenvalue weighted by Crippen LogP contribution is -2.00. The average Bonchev–Trinajstić information content (AvgIpc) is 2.70. The lowest BCUT2D eigenvalue weighted by Gasteiger charge is -2.11. The number of rotatable bonds is 4. The standard InChI is InChI=1S/C10H16O/c1-3-4-10(5-6-10)7-9(2)8-11/h3-7H2,1-2H3. The Bertz CT molecular complexity index is 183. The number of carbonyl (C=O) groups excluding carboxylic acids is 1. The van der Waals surface area contributed by atoms with E-state index >= 15 is 0 Å². The van der Waals surface area contributed by atoms with Crippen LogP contribution in [0, 0.1) is 5.41 Å². The Kier molecular flexibility index (Phi) is 2.51. The molecule has 0 heterocycles. The van der Waals surface area contributed by atoms with Gasteiger partial charge >= 0.3 is 0 Å². The Morgan fingerprint density at radius 3 is 2.55 bits per heavy atom. The molecular formula is C10H16O. The molecule has 0 radical (unpaired) electrons. The first-order valence-corrected chi connectivity index (χ1v) is 4.43. The Labute approximate surface area is 68.5 Å². The quantitative estimate of drug-likeness (QED) is 0.566. The molecule has 1 aliphatic rings. The van der Waals surface area contributed by atoms with Gasteiger partial charge in [-0.3, -0.25) is 0 Å². The topological polar surface area (TPSA) is 17.1 Å². The molecule has 0 amide bonds. The second-order valence-corrected chi connectivity index (χ2v) is 3.81. The van der Waals surface area contributed by atoms with Crippen LogP contribution in [0.2, 0.25) is 0 Å². The highest BCUT2D eigenvalue weighted by Gasteiger charge is 2.41. The highest BCUT2D eigenvalue weighted by atomic mass is 16.1. The van der Waals surface area contributed by atoms with Gasteiger partial charge in [0.25, 0.3) is 0 Å². The molecular weight excluding hydrogens is 136 g/mol. The highest BCUT2D eigenvalue weighted by molar-refractivity contribution is 5.51.